The summed E-state index contributed by atoms with van der Waals surface area (Å²) in [5.74, 6) is -0.909. The van der Waals surface area contributed by atoms with Gasteiger partial charge in [0, 0.05) is 39.0 Å². The van der Waals surface area contributed by atoms with Crippen molar-refractivity contribution in [2.45, 2.75) is 51.0 Å². The van der Waals surface area contributed by atoms with Crippen LogP contribution in [-0.4, -0.2) is 62.1 Å². The van der Waals surface area contributed by atoms with Gasteiger partial charge in [0.15, 0.2) is 0 Å². The van der Waals surface area contributed by atoms with Crippen molar-refractivity contribution >= 4 is 17.7 Å². The van der Waals surface area contributed by atoms with Crippen LogP contribution in [0.1, 0.15) is 76.0 Å². The molecule has 1 aliphatic carbocycles. The first-order chi connectivity index (χ1) is 14.1. The number of methoxy groups -OCH3 is 1. The van der Waals surface area contributed by atoms with Crippen LogP contribution in [0.25, 0.3) is 0 Å². The van der Waals surface area contributed by atoms with Gasteiger partial charge in [0.2, 0.25) is 0 Å². The topological polar surface area (TPSA) is 84.9 Å². The fourth-order valence-electron chi connectivity index (χ4n) is 3.86. The average Bonchev–Trinajstić information content (AvgIpc) is 2.98. The Morgan fingerprint density at radius 3 is 2.59 bits per heavy atom. The van der Waals surface area contributed by atoms with E-state index >= 15 is 0 Å². The van der Waals surface area contributed by atoms with Gasteiger partial charge in [-0.1, -0.05) is 19.3 Å². The predicted molar refractivity (Wildman–Crippen MR) is 108 cm³/mol. The highest BCUT2D eigenvalue weighted by Gasteiger charge is 2.35. The standard InChI is InChI=1S/C22H30N2O5/c1-28-13-6-12-24-21(26)18-10-9-16(15-19(18)22(24)27)20(25)23-11-5-14-29-17-7-3-2-4-8-17/h9-10,15,17H,2-8,11-14H2,1H3,(H,23,25). The van der Waals surface area contributed by atoms with E-state index in [1.165, 1.54) is 30.2 Å². The molecule has 1 aromatic rings. The number of nitrogens with zero attached hydrogens (tertiary/aromatic N) is 1. The van der Waals surface area contributed by atoms with E-state index in [9.17, 15) is 14.4 Å². The molecule has 0 spiro atoms. The molecule has 29 heavy (non-hydrogen) atoms. The van der Waals surface area contributed by atoms with Crippen molar-refractivity contribution in [2.24, 2.45) is 0 Å². The fraction of sp³-hybridized carbons (Fsp3) is 0.591. The fourth-order valence-corrected chi connectivity index (χ4v) is 3.86. The molecule has 0 aromatic heterocycles. The lowest BCUT2D eigenvalue weighted by Crippen LogP contribution is -2.31. The average molecular weight is 402 g/mol. The predicted octanol–water partition coefficient (Wildman–Crippen LogP) is 2.79. The van der Waals surface area contributed by atoms with Gasteiger partial charge in [-0.25, -0.2) is 0 Å². The van der Waals surface area contributed by atoms with Gasteiger partial charge in [0.1, 0.15) is 0 Å². The van der Waals surface area contributed by atoms with Crippen LogP contribution in [0.3, 0.4) is 0 Å². The Balaban J connectivity index is 1.47. The van der Waals surface area contributed by atoms with Crippen LogP contribution in [0, 0.1) is 0 Å². The molecule has 1 saturated carbocycles. The minimum Gasteiger partial charge on any atom is -0.385 e. The lowest BCUT2D eigenvalue weighted by molar-refractivity contribution is 0.0273. The highest BCUT2D eigenvalue weighted by Crippen LogP contribution is 2.24. The molecule has 7 heteroatoms. The number of nitrogens with one attached hydrogen (secondary N) is 1. The van der Waals surface area contributed by atoms with Crippen LogP contribution in [-0.2, 0) is 9.47 Å². The number of hydrogen-bond donors (Lipinski definition) is 1. The normalized spacial score (nSPS) is 16.9. The number of amides is 3. The number of benzene rings is 1. The number of ether oxygens (including phenoxy) is 2. The Labute approximate surface area is 171 Å². The third-order valence-corrected chi connectivity index (χ3v) is 5.48. The van der Waals surface area contributed by atoms with E-state index in [1.54, 1.807) is 19.2 Å². The van der Waals surface area contributed by atoms with E-state index in [0.717, 1.165) is 19.3 Å². The molecule has 3 amide bonds. The summed E-state index contributed by atoms with van der Waals surface area (Å²) in [4.78, 5) is 38.6. The highest BCUT2D eigenvalue weighted by molar-refractivity contribution is 6.22. The summed E-state index contributed by atoms with van der Waals surface area (Å²) in [7, 11) is 1.58. The molecule has 0 saturated heterocycles. The molecule has 7 nitrogen and oxygen atoms in total. The van der Waals surface area contributed by atoms with Crippen molar-refractivity contribution in [1.29, 1.82) is 0 Å². The zero-order chi connectivity index (χ0) is 20.6. The van der Waals surface area contributed by atoms with E-state index < -0.39 is 0 Å². The van der Waals surface area contributed by atoms with Crippen molar-refractivity contribution in [3.63, 3.8) is 0 Å². The molecule has 1 fully saturated rings. The molecule has 1 aromatic carbocycles. The number of carbonyl (C=O) groups is 3. The first kappa shape index (κ1) is 21.5. The molecule has 158 valence electrons. The maximum atomic E-state index is 12.5. The third-order valence-electron chi connectivity index (χ3n) is 5.48. The van der Waals surface area contributed by atoms with Crippen LogP contribution in [0.15, 0.2) is 18.2 Å². The van der Waals surface area contributed by atoms with Gasteiger partial charge < -0.3 is 14.8 Å². The Morgan fingerprint density at radius 2 is 1.83 bits per heavy atom. The van der Waals surface area contributed by atoms with Gasteiger partial charge in [-0.15, -0.1) is 0 Å². The summed E-state index contributed by atoms with van der Waals surface area (Å²) >= 11 is 0. The molecule has 0 bridgehead atoms. The maximum Gasteiger partial charge on any atom is 0.261 e. The summed E-state index contributed by atoms with van der Waals surface area (Å²) in [5, 5.41) is 2.86. The number of hydrogen-bond acceptors (Lipinski definition) is 5. The number of rotatable bonds is 10. The minimum atomic E-state index is -0.350. The van der Waals surface area contributed by atoms with E-state index in [2.05, 4.69) is 5.32 Å². The van der Waals surface area contributed by atoms with Crippen LogP contribution >= 0.6 is 0 Å². The number of imide groups is 1. The monoisotopic (exact) mass is 402 g/mol. The molecular formula is C22H30N2O5. The van der Waals surface area contributed by atoms with Gasteiger partial charge in [-0.05, 0) is 43.9 Å². The Hall–Kier alpha value is -2.25. The molecule has 0 unspecified atom stereocenters. The van der Waals surface area contributed by atoms with Crippen molar-refractivity contribution < 1.29 is 23.9 Å². The molecule has 1 aliphatic heterocycles. The molecule has 2 aliphatic rings. The van der Waals surface area contributed by atoms with E-state index in [1.807, 2.05) is 0 Å². The second-order valence-corrected chi connectivity index (χ2v) is 7.61. The molecule has 1 N–H and O–H groups in total. The van der Waals surface area contributed by atoms with Crippen molar-refractivity contribution in [3.05, 3.63) is 34.9 Å². The zero-order valence-corrected chi connectivity index (χ0v) is 17.1. The van der Waals surface area contributed by atoms with Gasteiger partial charge in [0.05, 0.1) is 17.2 Å². The van der Waals surface area contributed by atoms with Gasteiger partial charge in [-0.3, -0.25) is 19.3 Å². The number of fused-ring (bicyclic) bond motifs is 1. The van der Waals surface area contributed by atoms with E-state index in [0.29, 0.717) is 55.5 Å². The van der Waals surface area contributed by atoms with Gasteiger partial charge in [-0.2, -0.15) is 0 Å². The smallest absolute Gasteiger partial charge is 0.261 e. The van der Waals surface area contributed by atoms with E-state index in [4.69, 9.17) is 9.47 Å². The van der Waals surface area contributed by atoms with Crippen LogP contribution in [0.5, 0.6) is 0 Å². The van der Waals surface area contributed by atoms with Crippen LogP contribution < -0.4 is 5.32 Å². The summed E-state index contributed by atoms with van der Waals surface area (Å²) in [6, 6.07) is 4.67. The maximum absolute atomic E-state index is 12.5. The molecular weight excluding hydrogens is 372 g/mol. The van der Waals surface area contributed by atoms with Crippen molar-refractivity contribution in [2.75, 3.05) is 33.4 Å². The molecule has 0 radical (unpaired) electrons. The first-order valence-electron chi connectivity index (χ1n) is 10.5. The molecule has 1 heterocycles. The summed E-state index contributed by atoms with van der Waals surface area (Å²) in [6.07, 6.45) is 7.75. The van der Waals surface area contributed by atoms with Gasteiger partial charge >= 0.3 is 0 Å². The van der Waals surface area contributed by atoms with Crippen molar-refractivity contribution in [3.8, 4) is 0 Å². The van der Waals surface area contributed by atoms with Crippen molar-refractivity contribution in [1.82, 2.24) is 10.2 Å². The van der Waals surface area contributed by atoms with E-state index in [-0.39, 0.29) is 17.7 Å². The van der Waals surface area contributed by atoms with Gasteiger partial charge in [0.25, 0.3) is 17.7 Å². The molecule has 0 atom stereocenters. The second kappa shape index (κ2) is 10.5. The lowest BCUT2D eigenvalue weighted by atomic mass is 9.98. The quantitative estimate of drug-likeness (QED) is 0.480. The zero-order valence-electron chi connectivity index (χ0n) is 17.1. The summed E-state index contributed by atoms with van der Waals surface area (Å²) in [6.45, 7) is 1.94. The number of carbonyl (C=O) groups excluding carboxylic acids is 3. The lowest BCUT2D eigenvalue weighted by Gasteiger charge is -2.21. The Kier molecular flexibility index (Phi) is 7.77. The highest BCUT2D eigenvalue weighted by atomic mass is 16.5. The summed E-state index contributed by atoms with van der Waals surface area (Å²) in [5.41, 5.74) is 1.03. The Morgan fingerprint density at radius 1 is 1.07 bits per heavy atom. The minimum absolute atomic E-state index is 0.247. The van der Waals surface area contributed by atoms with Crippen LogP contribution in [0.2, 0.25) is 0 Å². The summed E-state index contributed by atoms with van der Waals surface area (Å²) < 4.78 is 10.8. The second-order valence-electron chi connectivity index (χ2n) is 7.61. The Bertz CT molecular complexity index is 743. The largest absolute Gasteiger partial charge is 0.385 e. The van der Waals surface area contributed by atoms with Crippen LogP contribution in [0.4, 0.5) is 0 Å². The SMILES string of the molecule is COCCCN1C(=O)c2ccc(C(=O)NCCCOC3CCCCC3)cc2C1=O. The first-order valence-corrected chi connectivity index (χ1v) is 10.5. The third kappa shape index (κ3) is 5.42. The molecule has 3 rings (SSSR count).